The minimum absolute atomic E-state index is 0.716. The van der Waals surface area contributed by atoms with Gasteiger partial charge in [0.1, 0.15) is 34.9 Å². The second-order valence-corrected chi connectivity index (χ2v) is 13.8. The van der Waals surface area contributed by atoms with Crippen LogP contribution in [0.4, 0.5) is 52.0 Å². The van der Waals surface area contributed by atoms with Crippen molar-refractivity contribution < 1.29 is 0 Å². The molecule has 0 spiro atoms. The summed E-state index contributed by atoms with van der Waals surface area (Å²) in [7, 11) is 0. The fourth-order valence-electron chi connectivity index (χ4n) is 7.46. The first kappa shape index (κ1) is 33.7. The molecule has 0 aliphatic carbocycles. The third kappa shape index (κ3) is 6.66. The van der Waals surface area contributed by atoms with Crippen molar-refractivity contribution >= 4 is 52.0 Å². The van der Waals surface area contributed by atoms with Gasteiger partial charge in [-0.15, -0.1) is 0 Å². The highest BCUT2D eigenvalue weighted by Gasteiger charge is 2.27. The Hall–Kier alpha value is -7.83. The van der Waals surface area contributed by atoms with Crippen molar-refractivity contribution in [1.82, 2.24) is 15.0 Å². The second-order valence-electron chi connectivity index (χ2n) is 13.8. The average Bonchev–Trinajstić information content (AvgIpc) is 3.28. The van der Waals surface area contributed by atoms with Crippen LogP contribution in [0.15, 0.2) is 218 Å². The summed E-state index contributed by atoms with van der Waals surface area (Å²) in [6.45, 7) is 0. The first-order valence-corrected chi connectivity index (χ1v) is 19.0. The Morgan fingerprint density at radius 3 is 0.614 bits per heavy atom. The summed E-state index contributed by atoms with van der Waals surface area (Å²) in [5, 5.41) is 0. The van der Waals surface area contributed by atoms with Gasteiger partial charge < -0.3 is 0 Å². The molecule has 1 aliphatic rings. The minimum atomic E-state index is 0.716. The van der Waals surface area contributed by atoms with E-state index in [0.29, 0.717) is 34.9 Å². The molecular formula is C51H36N6. The molecule has 6 nitrogen and oxygen atoms in total. The molecule has 0 N–H and O–H groups in total. The second kappa shape index (κ2) is 14.8. The maximum absolute atomic E-state index is 5.55. The number of nitrogens with zero attached hydrogens (tertiary/aromatic N) is 6. The normalized spacial score (nSPS) is 12.1. The molecule has 0 radical (unpaired) electrons. The van der Waals surface area contributed by atoms with Gasteiger partial charge in [0.25, 0.3) is 0 Å². The minimum Gasteiger partial charge on any atom is -0.279 e. The molecule has 3 aromatic heterocycles. The standard InChI is InChI=1S/C51H36N6/c1-7-19-37(20-8-1)40-31-46-52-47(32-40)56(44-27-15-5-16-28-44)49-34-42(39-23-11-3-12-24-39)36-51(54-49)57(45-29-17-6-18-30-45)50-35-41(38-21-9-2-10-22-38)33-48(53-50)55(46)43-25-13-4-14-26-43/h1-36H. The molecule has 0 unspecified atom stereocenters. The van der Waals surface area contributed by atoms with E-state index < -0.39 is 0 Å². The quantitative estimate of drug-likeness (QED) is 0.170. The van der Waals surface area contributed by atoms with Crippen LogP contribution in [-0.4, -0.2) is 15.0 Å². The Labute approximate surface area is 332 Å². The van der Waals surface area contributed by atoms with E-state index in [1.807, 2.05) is 36.4 Å². The van der Waals surface area contributed by atoms with Gasteiger partial charge in [-0.25, -0.2) is 15.0 Å². The van der Waals surface area contributed by atoms with E-state index in [0.717, 1.165) is 50.4 Å². The molecule has 0 fully saturated rings. The van der Waals surface area contributed by atoms with Crippen molar-refractivity contribution in [3.05, 3.63) is 218 Å². The summed E-state index contributed by atoms with van der Waals surface area (Å²) in [5.41, 5.74) is 9.06. The van der Waals surface area contributed by atoms with Crippen LogP contribution in [0.25, 0.3) is 33.4 Å². The van der Waals surface area contributed by atoms with Gasteiger partial charge in [0.2, 0.25) is 0 Å². The highest BCUT2D eigenvalue weighted by atomic mass is 15.3. The molecule has 6 bridgehead atoms. The van der Waals surface area contributed by atoms with Crippen molar-refractivity contribution in [1.29, 1.82) is 0 Å². The number of fused-ring (bicyclic) bond motifs is 6. The zero-order valence-corrected chi connectivity index (χ0v) is 31.0. The van der Waals surface area contributed by atoms with Gasteiger partial charge in [-0.3, -0.25) is 14.7 Å². The Balaban J connectivity index is 1.37. The summed E-state index contributed by atoms with van der Waals surface area (Å²) < 4.78 is 0. The third-order valence-electron chi connectivity index (χ3n) is 10.1. The lowest BCUT2D eigenvalue weighted by Crippen LogP contribution is -2.21. The van der Waals surface area contributed by atoms with Gasteiger partial charge in [-0.2, -0.15) is 0 Å². The number of benzene rings is 6. The van der Waals surface area contributed by atoms with E-state index in [-0.39, 0.29) is 0 Å². The summed E-state index contributed by atoms with van der Waals surface area (Å²) in [4.78, 5) is 23.2. The molecular weight excluding hydrogens is 697 g/mol. The molecule has 9 aromatic rings. The lowest BCUT2D eigenvalue weighted by molar-refractivity contribution is 1.05. The number of pyridine rings is 3. The first-order chi connectivity index (χ1) is 28.2. The molecule has 0 saturated carbocycles. The van der Waals surface area contributed by atoms with Crippen molar-refractivity contribution in [2.75, 3.05) is 14.7 Å². The molecule has 6 aromatic carbocycles. The number of aromatic nitrogens is 3. The number of anilines is 9. The van der Waals surface area contributed by atoms with Crippen LogP contribution < -0.4 is 14.7 Å². The molecule has 270 valence electrons. The maximum Gasteiger partial charge on any atom is 0.141 e. The summed E-state index contributed by atoms with van der Waals surface area (Å²) >= 11 is 0. The van der Waals surface area contributed by atoms with Crippen LogP contribution in [0.3, 0.4) is 0 Å². The molecule has 57 heavy (non-hydrogen) atoms. The Bertz CT molecular complexity index is 2410. The molecule has 0 saturated heterocycles. The first-order valence-electron chi connectivity index (χ1n) is 19.0. The van der Waals surface area contributed by atoms with Gasteiger partial charge in [0.05, 0.1) is 0 Å². The van der Waals surface area contributed by atoms with Crippen LogP contribution in [0.5, 0.6) is 0 Å². The van der Waals surface area contributed by atoms with Crippen molar-refractivity contribution in [2.24, 2.45) is 0 Å². The predicted molar refractivity (Wildman–Crippen MR) is 234 cm³/mol. The predicted octanol–water partition coefficient (Wildman–Crippen LogP) is 13.6. The maximum atomic E-state index is 5.55. The smallest absolute Gasteiger partial charge is 0.141 e. The zero-order valence-electron chi connectivity index (χ0n) is 31.0. The van der Waals surface area contributed by atoms with Crippen molar-refractivity contribution in [3.8, 4) is 33.4 Å². The van der Waals surface area contributed by atoms with Gasteiger partial charge >= 0.3 is 0 Å². The van der Waals surface area contributed by atoms with Crippen molar-refractivity contribution in [2.45, 2.75) is 0 Å². The molecule has 0 atom stereocenters. The number of rotatable bonds is 6. The Morgan fingerprint density at radius 2 is 0.404 bits per heavy atom. The lowest BCUT2D eigenvalue weighted by atomic mass is 10.0. The lowest BCUT2D eigenvalue weighted by Gasteiger charge is -2.32. The van der Waals surface area contributed by atoms with Gasteiger partial charge in [0, 0.05) is 17.1 Å². The van der Waals surface area contributed by atoms with Crippen LogP contribution in [0.1, 0.15) is 0 Å². The Kier molecular flexibility index (Phi) is 8.74. The molecule has 4 heterocycles. The molecule has 10 rings (SSSR count). The van der Waals surface area contributed by atoms with Gasteiger partial charge in [-0.05, 0) is 106 Å². The van der Waals surface area contributed by atoms with Crippen LogP contribution in [0, 0.1) is 0 Å². The average molecular weight is 733 g/mol. The molecule has 1 aliphatic heterocycles. The topological polar surface area (TPSA) is 48.4 Å². The monoisotopic (exact) mass is 732 g/mol. The fourth-order valence-corrected chi connectivity index (χ4v) is 7.46. The van der Waals surface area contributed by atoms with Gasteiger partial charge in [0.15, 0.2) is 0 Å². The summed E-state index contributed by atoms with van der Waals surface area (Å²) in [5.74, 6) is 4.30. The van der Waals surface area contributed by atoms with E-state index in [1.54, 1.807) is 0 Å². The highest BCUT2D eigenvalue weighted by molar-refractivity contribution is 5.88. The fraction of sp³-hybridized carbons (Fsp3) is 0. The largest absolute Gasteiger partial charge is 0.279 e. The highest BCUT2D eigenvalue weighted by Crippen LogP contribution is 2.45. The SMILES string of the molecule is c1ccc(-c2cc3nc(c2)N(c2ccccc2)c2cc(-c4ccccc4)cc(n2)N(c2ccccc2)c2cc(-c4ccccc4)cc(n2)N3c2ccccc2)cc1. The van der Waals surface area contributed by atoms with Crippen molar-refractivity contribution in [3.63, 3.8) is 0 Å². The van der Waals surface area contributed by atoms with E-state index in [4.69, 9.17) is 15.0 Å². The summed E-state index contributed by atoms with van der Waals surface area (Å²) in [6, 6.07) is 75.5. The molecule has 6 heteroatoms. The van der Waals surface area contributed by atoms with E-state index >= 15 is 0 Å². The van der Waals surface area contributed by atoms with Crippen LogP contribution in [-0.2, 0) is 0 Å². The number of hydrogen-bond donors (Lipinski definition) is 0. The Morgan fingerprint density at radius 1 is 0.211 bits per heavy atom. The van der Waals surface area contributed by atoms with E-state index in [1.165, 1.54) is 0 Å². The molecule has 0 amide bonds. The summed E-state index contributed by atoms with van der Waals surface area (Å²) in [6.07, 6.45) is 0. The number of hydrogen-bond acceptors (Lipinski definition) is 6. The van der Waals surface area contributed by atoms with Crippen LogP contribution >= 0.6 is 0 Å². The zero-order chi connectivity index (χ0) is 38.0. The van der Waals surface area contributed by atoms with E-state index in [2.05, 4.69) is 197 Å². The van der Waals surface area contributed by atoms with E-state index in [9.17, 15) is 0 Å². The number of para-hydroxylation sites is 3. The third-order valence-corrected chi connectivity index (χ3v) is 10.1. The van der Waals surface area contributed by atoms with Gasteiger partial charge in [-0.1, -0.05) is 146 Å². The van der Waals surface area contributed by atoms with Crippen LogP contribution in [0.2, 0.25) is 0 Å².